The fourth-order valence-electron chi connectivity index (χ4n) is 2.90. The molecular weight excluding hydrogens is 266 g/mol. The van der Waals surface area contributed by atoms with E-state index in [9.17, 15) is 0 Å². The van der Waals surface area contributed by atoms with Crippen molar-refractivity contribution in [3.05, 3.63) is 70.2 Å². The van der Waals surface area contributed by atoms with Crippen LogP contribution in [-0.2, 0) is 19.4 Å². The molecule has 0 radical (unpaired) electrons. The number of aryl methyl sites for hydroxylation is 1. The van der Waals surface area contributed by atoms with Crippen molar-refractivity contribution >= 4 is 11.6 Å². The Morgan fingerprint density at radius 1 is 0.950 bits per heavy atom. The predicted octanol–water partition coefficient (Wildman–Crippen LogP) is 4.33. The van der Waals surface area contributed by atoms with E-state index in [0.29, 0.717) is 0 Å². The van der Waals surface area contributed by atoms with Crippen LogP contribution in [-0.4, -0.2) is 18.0 Å². The van der Waals surface area contributed by atoms with Gasteiger partial charge < -0.3 is 0 Å². The molecule has 0 unspecified atom stereocenters. The second kappa shape index (κ2) is 6.43. The third kappa shape index (κ3) is 3.41. The Morgan fingerprint density at radius 3 is 2.50 bits per heavy atom. The molecule has 0 spiro atoms. The minimum Gasteiger partial charge on any atom is -0.299 e. The SMILES string of the molecule is Clc1ccc(CCCN2CCc3ccccc3C2)cc1. The van der Waals surface area contributed by atoms with Gasteiger partial charge >= 0.3 is 0 Å². The number of fused-ring (bicyclic) bond motifs is 1. The van der Waals surface area contributed by atoms with Crippen molar-refractivity contribution in [1.29, 1.82) is 0 Å². The first-order valence-electron chi connectivity index (χ1n) is 7.35. The highest BCUT2D eigenvalue weighted by Crippen LogP contribution is 2.19. The van der Waals surface area contributed by atoms with Crippen molar-refractivity contribution in [1.82, 2.24) is 4.90 Å². The van der Waals surface area contributed by atoms with Crippen molar-refractivity contribution in [2.24, 2.45) is 0 Å². The zero-order valence-electron chi connectivity index (χ0n) is 11.7. The Labute approximate surface area is 126 Å². The summed E-state index contributed by atoms with van der Waals surface area (Å²) in [7, 11) is 0. The predicted molar refractivity (Wildman–Crippen MR) is 85.2 cm³/mol. The molecule has 0 aromatic heterocycles. The van der Waals surface area contributed by atoms with Crippen LogP contribution < -0.4 is 0 Å². The molecular formula is C18H20ClN. The van der Waals surface area contributed by atoms with E-state index in [2.05, 4.69) is 41.3 Å². The molecule has 0 bridgehead atoms. The van der Waals surface area contributed by atoms with Gasteiger partial charge in [-0.2, -0.15) is 0 Å². The van der Waals surface area contributed by atoms with E-state index >= 15 is 0 Å². The Bertz CT molecular complexity index is 562. The Hall–Kier alpha value is -1.31. The molecule has 2 aromatic rings. The van der Waals surface area contributed by atoms with Gasteiger partial charge in [-0.1, -0.05) is 48.0 Å². The van der Waals surface area contributed by atoms with E-state index in [-0.39, 0.29) is 0 Å². The van der Waals surface area contributed by atoms with Gasteiger partial charge in [0.15, 0.2) is 0 Å². The van der Waals surface area contributed by atoms with E-state index in [0.717, 1.165) is 18.0 Å². The van der Waals surface area contributed by atoms with Gasteiger partial charge in [-0.15, -0.1) is 0 Å². The van der Waals surface area contributed by atoms with Gasteiger partial charge in [0.05, 0.1) is 0 Å². The van der Waals surface area contributed by atoms with Crippen LogP contribution in [0.1, 0.15) is 23.1 Å². The molecule has 104 valence electrons. The smallest absolute Gasteiger partial charge is 0.0406 e. The largest absolute Gasteiger partial charge is 0.299 e. The highest BCUT2D eigenvalue weighted by Gasteiger charge is 2.14. The van der Waals surface area contributed by atoms with Gasteiger partial charge in [0.2, 0.25) is 0 Å². The molecule has 3 rings (SSSR count). The number of halogens is 1. The second-order valence-corrected chi connectivity index (χ2v) is 5.96. The van der Waals surface area contributed by atoms with E-state index in [1.54, 1.807) is 0 Å². The normalized spacial score (nSPS) is 15.1. The number of benzene rings is 2. The summed E-state index contributed by atoms with van der Waals surface area (Å²) >= 11 is 5.91. The monoisotopic (exact) mass is 285 g/mol. The summed E-state index contributed by atoms with van der Waals surface area (Å²) in [4.78, 5) is 2.57. The fraction of sp³-hybridized carbons (Fsp3) is 0.333. The van der Waals surface area contributed by atoms with Crippen LogP contribution in [0.5, 0.6) is 0 Å². The Balaban J connectivity index is 1.49. The summed E-state index contributed by atoms with van der Waals surface area (Å²) < 4.78 is 0. The topological polar surface area (TPSA) is 3.24 Å². The van der Waals surface area contributed by atoms with Crippen LogP contribution in [0.2, 0.25) is 5.02 Å². The van der Waals surface area contributed by atoms with Crippen LogP contribution >= 0.6 is 11.6 Å². The number of hydrogen-bond acceptors (Lipinski definition) is 1. The molecule has 0 saturated heterocycles. The van der Waals surface area contributed by atoms with E-state index in [1.807, 2.05) is 12.1 Å². The highest BCUT2D eigenvalue weighted by molar-refractivity contribution is 6.30. The molecule has 0 aliphatic carbocycles. The number of rotatable bonds is 4. The zero-order valence-corrected chi connectivity index (χ0v) is 12.4. The van der Waals surface area contributed by atoms with Crippen LogP contribution in [0.15, 0.2) is 48.5 Å². The lowest BCUT2D eigenvalue weighted by atomic mass is 9.99. The van der Waals surface area contributed by atoms with Gasteiger partial charge in [0, 0.05) is 18.1 Å². The lowest BCUT2D eigenvalue weighted by Crippen LogP contribution is -2.31. The van der Waals surface area contributed by atoms with Gasteiger partial charge in [-0.05, 0) is 54.6 Å². The van der Waals surface area contributed by atoms with E-state index in [1.165, 1.54) is 42.6 Å². The average molecular weight is 286 g/mol. The third-order valence-electron chi connectivity index (χ3n) is 4.06. The Kier molecular flexibility index (Phi) is 4.39. The summed E-state index contributed by atoms with van der Waals surface area (Å²) in [5.74, 6) is 0. The molecule has 0 atom stereocenters. The van der Waals surface area contributed by atoms with Gasteiger partial charge in [-0.25, -0.2) is 0 Å². The summed E-state index contributed by atoms with van der Waals surface area (Å²) in [5.41, 5.74) is 4.42. The van der Waals surface area contributed by atoms with Gasteiger partial charge in [0.25, 0.3) is 0 Å². The van der Waals surface area contributed by atoms with Gasteiger partial charge in [-0.3, -0.25) is 4.90 Å². The lowest BCUT2D eigenvalue weighted by molar-refractivity contribution is 0.251. The van der Waals surface area contributed by atoms with Crippen LogP contribution in [0.4, 0.5) is 0 Å². The summed E-state index contributed by atoms with van der Waals surface area (Å²) in [6.45, 7) is 3.48. The molecule has 20 heavy (non-hydrogen) atoms. The maximum Gasteiger partial charge on any atom is 0.0406 e. The molecule has 2 heteroatoms. The average Bonchev–Trinajstić information content (AvgIpc) is 2.49. The number of hydrogen-bond donors (Lipinski definition) is 0. The molecule has 0 amide bonds. The molecule has 0 saturated carbocycles. The van der Waals surface area contributed by atoms with Crippen molar-refractivity contribution in [3.8, 4) is 0 Å². The van der Waals surface area contributed by atoms with Crippen molar-refractivity contribution in [2.45, 2.75) is 25.8 Å². The Morgan fingerprint density at radius 2 is 1.70 bits per heavy atom. The number of nitrogens with zero attached hydrogens (tertiary/aromatic N) is 1. The molecule has 1 heterocycles. The lowest BCUT2D eigenvalue weighted by Gasteiger charge is -2.28. The third-order valence-corrected chi connectivity index (χ3v) is 4.31. The maximum absolute atomic E-state index is 5.91. The summed E-state index contributed by atoms with van der Waals surface area (Å²) in [5, 5.41) is 0.821. The first kappa shape index (κ1) is 13.7. The van der Waals surface area contributed by atoms with Crippen molar-refractivity contribution in [3.63, 3.8) is 0 Å². The van der Waals surface area contributed by atoms with Crippen LogP contribution in [0.3, 0.4) is 0 Å². The zero-order chi connectivity index (χ0) is 13.8. The first-order valence-corrected chi connectivity index (χ1v) is 7.73. The van der Waals surface area contributed by atoms with Gasteiger partial charge in [0.1, 0.15) is 0 Å². The molecule has 1 aliphatic heterocycles. The first-order chi connectivity index (χ1) is 9.81. The molecule has 1 aliphatic rings. The van der Waals surface area contributed by atoms with Crippen LogP contribution in [0.25, 0.3) is 0 Å². The molecule has 0 N–H and O–H groups in total. The summed E-state index contributed by atoms with van der Waals surface area (Å²) in [6.07, 6.45) is 3.54. The second-order valence-electron chi connectivity index (χ2n) is 5.52. The van der Waals surface area contributed by atoms with Crippen LogP contribution in [0, 0.1) is 0 Å². The van der Waals surface area contributed by atoms with E-state index in [4.69, 9.17) is 11.6 Å². The molecule has 1 nitrogen and oxygen atoms in total. The standard InChI is InChI=1S/C18H20ClN/c19-18-9-7-15(8-10-18)4-3-12-20-13-11-16-5-1-2-6-17(16)14-20/h1-2,5-10H,3-4,11-14H2. The minimum absolute atomic E-state index is 0.821. The molecule has 0 fully saturated rings. The summed E-state index contributed by atoms with van der Waals surface area (Å²) in [6, 6.07) is 17.1. The maximum atomic E-state index is 5.91. The minimum atomic E-state index is 0.821. The highest BCUT2D eigenvalue weighted by atomic mass is 35.5. The fourth-order valence-corrected chi connectivity index (χ4v) is 3.03. The quantitative estimate of drug-likeness (QED) is 0.808. The van der Waals surface area contributed by atoms with E-state index < -0.39 is 0 Å². The van der Waals surface area contributed by atoms with Crippen molar-refractivity contribution < 1.29 is 0 Å². The molecule has 2 aromatic carbocycles. The van der Waals surface area contributed by atoms with Crippen molar-refractivity contribution in [2.75, 3.05) is 13.1 Å².